The fourth-order valence-electron chi connectivity index (χ4n) is 4.42. The van der Waals surface area contributed by atoms with E-state index in [9.17, 15) is 24.5 Å². The van der Waals surface area contributed by atoms with Crippen molar-refractivity contribution in [3.63, 3.8) is 0 Å². The summed E-state index contributed by atoms with van der Waals surface area (Å²) in [6.07, 6.45) is 0.610. The molecule has 0 saturated carbocycles. The van der Waals surface area contributed by atoms with Crippen molar-refractivity contribution in [3.05, 3.63) is 142 Å². The highest BCUT2D eigenvalue weighted by molar-refractivity contribution is 6.02. The van der Waals surface area contributed by atoms with Crippen molar-refractivity contribution < 1.29 is 19.3 Å². The van der Waals surface area contributed by atoms with E-state index < -0.39 is 34.2 Å². The van der Waals surface area contributed by atoms with E-state index in [1.165, 1.54) is 25.1 Å². The zero-order valence-corrected chi connectivity index (χ0v) is 21.7. The summed E-state index contributed by atoms with van der Waals surface area (Å²) < 4.78 is 0. The number of anilines is 1. The molecular formula is C31H28N4O5. The Bertz CT molecular complexity index is 1470. The molecular weight excluding hydrogens is 508 g/mol. The second-order valence-corrected chi connectivity index (χ2v) is 9.41. The molecule has 2 amide bonds. The molecule has 40 heavy (non-hydrogen) atoms. The average molecular weight is 537 g/mol. The zero-order valence-electron chi connectivity index (χ0n) is 21.7. The Morgan fingerprint density at radius 2 is 1.43 bits per heavy atom. The summed E-state index contributed by atoms with van der Waals surface area (Å²) in [4.78, 5) is 49.8. The van der Waals surface area contributed by atoms with E-state index in [2.05, 4.69) is 10.6 Å². The number of rotatable bonds is 10. The topological polar surface area (TPSA) is 144 Å². The number of carbonyl (C=O) groups excluding carboxylic acids is 3. The van der Waals surface area contributed by atoms with E-state index in [1.807, 2.05) is 60.7 Å². The molecule has 2 unspecified atom stereocenters. The molecule has 0 aliphatic rings. The van der Waals surface area contributed by atoms with E-state index in [1.54, 1.807) is 30.3 Å². The highest BCUT2D eigenvalue weighted by atomic mass is 16.6. The molecule has 9 heteroatoms. The lowest BCUT2D eigenvalue weighted by Gasteiger charge is -2.32. The third-order valence-electron chi connectivity index (χ3n) is 6.69. The number of hydrogen-bond donors (Lipinski definition) is 3. The Kier molecular flexibility index (Phi) is 8.46. The van der Waals surface area contributed by atoms with Crippen LogP contribution in [0.15, 0.2) is 109 Å². The second-order valence-electron chi connectivity index (χ2n) is 9.41. The minimum atomic E-state index is -1.71. The Labute approximate surface area is 231 Å². The predicted molar refractivity (Wildman–Crippen MR) is 151 cm³/mol. The van der Waals surface area contributed by atoms with Crippen LogP contribution in [0.5, 0.6) is 0 Å². The molecule has 0 spiro atoms. The van der Waals surface area contributed by atoms with Gasteiger partial charge in [0, 0.05) is 17.8 Å². The molecule has 0 bridgehead atoms. The van der Waals surface area contributed by atoms with Crippen LogP contribution in [0.2, 0.25) is 0 Å². The molecule has 9 nitrogen and oxygen atoms in total. The summed E-state index contributed by atoms with van der Waals surface area (Å²) in [5.41, 5.74) is 6.44. The summed E-state index contributed by atoms with van der Waals surface area (Å²) in [6.45, 7) is 1.50. The number of non-ortho nitro benzene ring substituents is 1. The number of nitrogens with one attached hydrogen (secondary N) is 2. The van der Waals surface area contributed by atoms with Gasteiger partial charge in [0.1, 0.15) is 11.8 Å². The van der Waals surface area contributed by atoms with Crippen molar-refractivity contribution >= 4 is 29.5 Å². The van der Waals surface area contributed by atoms with Gasteiger partial charge in [-0.05, 0) is 41.3 Å². The van der Waals surface area contributed by atoms with E-state index in [-0.39, 0.29) is 11.3 Å². The molecule has 4 aromatic rings. The first-order valence-corrected chi connectivity index (χ1v) is 12.5. The predicted octanol–water partition coefficient (Wildman–Crippen LogP) is 4.60. The summed E-state index contributed by atoms with van der Waals surface area (Å²) >= 11 is 0. The molecule has 2 atom stereocenters. The number of carbonyl (C=O) groups is 3. The van der Waals surface area contributed by atoms with Gasteiger partial charge >= 0.3 is 0 Å². The molecule has 202 valence electrons. The van der Waals surface area contributed by atoms with Gasteiger partial charge in [-0.3, -0.25) is 19.7 Å². The lowest BCUT2D eigenvalue weighted by molar-refractivity contribution is -0.385. The number of nitrogens with two attached hydrogens (primary N) is 1. The average Bonchev–Trinajstić information content (AvgIpc) is 2.98. The molecule has 0 aliphatic heterocycles. The molecule has 4 N–H and O–H groups in total. The maximum Gasteiger partial charge on any atom is 0.269 e. The molecule has 0 saturated heterocycles. The molecule has 0 heterocycles. The molecule has 0 aliphatic carbocycles. The summed E-state index contributed by atoms with van der Waals surface area (Å²) in [6, 6.07) is 29.5. The van der Waals surface area contributed by atoms with Crippen LogP contribution in [0.4, 0.5) is 11.4 Å². The highest BCUT2D eigenvalue weighted by Crippen LogP contribution is 2.31. The molecule has 4 rings (SSSR count). The maximum absolute atomic E-state index is 14.0. The summed E-state index contributed by atoms with van der Waals surface area (Å²) in [7, 11) is 0. The van der Waals surface area contributed by atoms with Gasteiger partial charge in [0.25, 0.3) is 11.6 Å². The Balaban J connectivity index is 1.74. The molecule has 0 fully saturated rings. The first-order valence-electron chi connectivity index (χ1n) is 12.5. The minimum Gasteiger partial charge on any atom is -0.337 e. The fraction of sp³-hybridized carbons (Fsp3) is 0.129. The van der Waals surface area contributed by atoms with Gasteiger partial charge in [0.2, 0.25) is 5.91 Å². The first kappa shape index (κ1) is 27.9. The Hall–Kier alpha value is -5.15. The van der Waals surface area contributed by atoms with Gasteiger partial charge in [-0.2, -0.15) is 0 Å². The molecule has 0 radical (unpaired) electrons. The summed E-state index contributed by atoms with van der Waals surface area (Å²) in [5, 5.41) is 17.2. The number of nitro groups is 1. The minimum absolute atomic E-state index is 0.222. The lowest BCUT2D eigenvalue weighted by atomic mass is 9.86. The van der Waals surface area contributed by atoms with Crippen molar-refractivity contribution in [1.29, 1.82) is 0 Å². The third kappa shape index (κ3) is 6.11. The van der Waals surface area contributed by atoms with Crippen LogP contribution in [0, 0.1) is 10.1 Å². The zero-order chi connectivity index (χ0) is 28.7. The van der Waals surface area contributed by atoms with Crippen LogP contribution in [-0.4, -0.2) is 23.0 Å². The number of hydrogen-bond acceptors (Lipinski definition) is 6. The van der Waals surface area contributed by atoms with Crippen LogP contribution in [0.25, 0.3) is 0 Å². The van der Waals surface area contributed by atoms with Gasteiger partial charge in [-0.1, -0.05) is 84.9 Å². The van der Waals surface area contributed by atoms with Crippen molar-refractivity contribution in [3.8, 4) is 0 Å². The number of nitro benzene ring substituents is 1. The van der Waals surface area contributed by atoms with Gasteiger partial charge in [-0.25, -0.2) is 0 Å². The SMILES string of the molecule is CC(NC(=O)C(c1ccccc1)c1ccccc1)(C(=O)Nc1ccc(C(N)C=O)cc1)c1cccc([N+](=O)[O-])c1. The van der Waals surface area contributed by atoms with Crippen LogP contribution in [-0.2, 0) is 19.9 Å². The van der Waals surface area contributed by atoms with Gasteiger partial charge in [-0.15, -0.1) is 0 Å². The quantitative estimate of drug-likeness (QED) is 0.154. The largest absolute Gasteiger partial charge is 0.337 e. The maximum atomic E-state index is 14.0. The van der Waals surface area contributed by atoms with Crippen molar-refractivity contribution in [2.75, 3.05) is 5.32 Å². The normalized spacial score (nSPS) is 13.1. The van der Waals surface area contributed by atoms with Gasteiger partial charge < -0.3 is 21.2 Å². The number of aldehydes is 1. The smallest absolute Gasteiger partial charge is 0.269 e. The lowest BCUT2D eigenvalue weighted by Crippen LogP contribution is -2.53. The van der Waals surface area contributed by atoms with Crippen molar-refractivity contribution in [2.24, 2.45) is 5.73 Å². The first-order chi connectivity index (χ1) is 19.2. The number of benzene rings is 4. The molecule has 0 aromatic heterocycles. The monoisotopic (exact) mass is 536 g/mol. The highest BCUT2D eigenvalue weighted by Gasteiger charge is 2.40. The Morgan fingerprint density at radius 3 is 1.95 bits per heavy atom. The van der Waals surface area contributed by atoms with Crippen molar-refractivity contribution in [1.82, 2.24) is 5.32 Å². The Morgan fingerprint density at radius 1 is 0.850 bits per heavy atom. The number of nitrogens with zero attached hydrogens (tertiary/aromatic N) is 1. The fourth-order valence-corrected chi connectivity index (χ4v) is 4.42. The van der Waals surface area contributed by atoms with Crippen LogP contribution in [0.1, 0.15) is 41.1 Å². The van der Waals surface area contributed by atoms with Crippen molar-refractivity contribution in [2.45, 2.75) is 24.4 Å². The van der Waals surface area contributed by atoms with E-state index in [0.717, 1.165) is 11.1 Å². The third-order valence-corrected chi connectivity index (χ3v) is 6.69. The van der Waals surface area contributed by atoms with Crippen LogP contribution in [0.3, 0.4) is 0 Å². The van der Waals surface area contributed by atoms with E-state index in [0.29, 0.717) is 17.5 Å². The van der Waals surface area contributed by atoms with Crippen LogP contribution < -0.4 is 16.4 Å². The van der Waals surface area contributed by atoms with Gasteiger partial charge in [0.05, 0.1) is 16.9 Å². The van der Waals surface area contributed by atoms with Crippen LogP contribution >= 0.6 is 0 Å². The molecule has 4 aromatic carbocycles. The second kappa shape index (κ2) is 12.1. The standard InChI is InChI=1S/C31H28N4O5/c1-31(24-13-8-14-26(19-24)35(39)40,30(38)33-25-17-15-21(16-18-25)27(32)20-36)34-29(37)28(22-9-4-2-5-10-22)23-11-6-3-7-12-23/h2-20,27-28H,32H2,1H3,(H,33,38)(H,34,37). The number of amides is 2. The van der Waals surface area contributed by atoms with E-state index in [4.69, 9.17) is 5.73 Å². The van der Waals surface area contributed by atoms with Gasteiger partial charge in [0.15, 0.2) is 0 Å². The van der Waals surface area contributed by atoms with E-state index >= 15 is 0 Å². The summed E-state index contributed by atoms with van der Waals surface area (Å²) in [5.74, 6) is -1.83.